The Bertz CT molecular complexity index is 465. The van der Waals surface area contributed by atoms with E-state index in [0.717, 1.165) is 12.8 Å². The molecule has 0 aromatic carbocycles. The predicted molar refractivity (Wildman–Crippen MR) is 68.3 cm³/mol. The number of nitrogens with one attached hydrogen (secondary N) is 1. The number of carbonyl (C=O) groups is 2. The van der Waals surface area contributed by atoms with Crippen LogP contribution in [0.25, 0.3) is 0 Å². The third-order valence-corrected chi connectivity index (χ3v) is 3.78. The highest BCUT2D eigenvalue weighted by Gasteiger charge is 2.43. The summed E-state index contributed by atoms with van der Waals surface area (Å²) in [6.45, 7) is 2.13. The van der Waals surface area contributed by atoms with Crippen molar-refractivity contribution in [2.75, 3.05) is 7.11 Å². The van der Waals surface area contributed by atoms with E-state index in [1.54, 1.807) is 0 Å². The number of carbonyl (C=O) groups excluding carboxylic acids is 2. The van der Waals surface area contributed by atoms with Crippen LogP contribution in [0.15, 0.2) is 6.33 Å². The summed E-state index contributed by atoms with van der Waals surface area (Å²) >= 11 is 0. The van der Waals surface area contributed by atoms with Crippen molar-refractivity contribution in [2.24, 2.45) is 5.92 Å². The lowest BCUT2D eigenvalue weighted by Crippen LogP contribution is -2.57. The molecule has 1 N–H and O–H groups in total. The van der Waals surface area contributed by atoms with Crippen LogP contribution >= 0.6 is 0 Å². The van der Waals surface area contributed by atoms with Gasteiger partial charge >= 0.3 is 5.97 Å². The number of rotatable bonds is 4. The molecule has 1 fully saturated rings. The minimum Gasteiger partial charge on any atom is -0.467 e. The first kappa shape index (κ1) is 14.4. The maximum Gasteiger partial charge on any atom is 0.331 e. The zero-order chi connectivity index (χ0) is 14.6. The second-order valence-corrected chi connectivity index (χ2v) is 5.31. The number of amides is 1. The summed E-state index contributed by atoms with van der Waals surface area (Å²) in [5, 5.41) is 13.4. The van der Waals surface area contributed by atoms with Crippen LogP contribution < -0.4 is 5.32 Å². The quantitative estimate of drug-likeness (QED) is 0.774. The molecule has 20 heavy (non-hydrogen) atoms. The molecule has 0 unspecified atom stereocenters. The maximum absolute atomic E-state index is 12.1. The second kappa shape index (κ2) is 5.98. The number of esters is 1. The number of aromatic nitrogens is 4. The molecule has 2 rings (SSSR count). The Morgan fingerprint density at radius 1 is 1.45 bits per heavy atom. The molecule has 1 aliphatic rings. The molecule has 1 aromatic rings. The number of hydrogen-bond acceptors (Lipinski definition) is 6. The molecule has 8 heteroatoms. The van der Waals surface area contributed by atoms with E-state index in [0.29, 0.717) is 18.8 Å². The molecule has 0 saturated heterocycles. The van der Waals surface area contributed by atoms with E-state index < -0.39 is 5.54 Å². The third-order valence-electron chi connectivity index (χ3n) is 3.78. The molecule has 1 saturated carbocycles. The molecular formula is C12H19N5O3. The average Bonchev–Trinajstić information content (AvgIpc) is 2.93. The van der Waals surface area contributed by atoms with E-state index in [9.17, 15) is 9.59 Å². The van der Waals surface area contributed by atoms with Gasteiger partial charge in [-0.1, -0.05) is 6.92 Å². The van der Waals surface area contributed by atoms with Crippen molar-refractivity contribution in [3.8, 4) is 0 Å². The highest BCUT2D eigenvalue weighted by atomic mass is 16.5. The minimum absolute atomic E-state index is 0.0126. The lowest BCUT2D eigenvalue weighted by molar-refractivity contribution is -0.153. The van der Waals surface area contributed by atoms with Crippen LogP contribution in [0.5, 0.6) is 0 Å². The van der Waals surface area contributed by atoms with Crippen LogP contribution in [0, 0.1) is 5.92 Å². The van der Waals surface area contributed by atoms with E-state index in [-0.39, 0.29) is 18.4 Å². The van der Waals surface area contributed by atoms with Gasteiger partial charge in [-0.3, -0.25) is 4.79 Å². The highest BCUT2D eigenvalue weighted by Crippen LogP contribution is 2.32. The van der Waals surface area contributed by atoms with Crippen LogP contribution in [0.4, 0.5) is 0 Å². The Labute approximate surface area is 116 Å². The van der Waals surface area contributed by atoms with Crippen LogP contribution in [-0.2, 0) is 20.9 Å². The lowest BCUT2D eigenvalue weighted by atomic mass is 9.77. The molecule has 0 atom stereocenters. The van der Waals surface area contributed by atoms with E-state index in [2.05, 4.69) is 27.8 Å². The molecule has 1 heterocycles. The Morgan fingerprint density at radius 3 is 2.70 bits per heavy atom. The SMILES string of the molecule is COC(=O)C1(NC(=O)Cn2cnnn2)CCC(C)CC1. The zero-order valence-corrected chi connectivity index (χ0v) is 11.7. The number of methoxy groups -OCH3 is 1. The molecule has 1 amide bonds. The smallest absolute Gasteiger partial charge is 0.331 e. The molecule has 0 aliphatic heterocycles. The van der Waals surface area contributed by atoms with Crippen molar-refractivity contribution < 1.29 is 14.3 Å². The van der Waals surface area contributed by atoms with Crippen molar-refractivity contribution in [3.63, 3.8) is 0 Å². The van der Waals surface area contributed by atoms with Gasteiger partial charge in [-0.15, -0.1) is 5.10 Å². The first-order chi connectivity index (χ1) is 9.55. The fourth-order valence-electron chi connectivity index (χ4n) is 2.54. The first-order valence-electron chi connectivity index (χ1n) is 6.66. The maximum atomic E-state index is 12.1. The van der Waals surface area contributed by atoms with Gasteiger partial charge in [0.2, 0.25) is 5.91 Å². The molecular weight excluding hydrogens is 262 g/mol. The van der Waals surface area contributed by atoms with Gasteiger partial charge in [-0.25, -0.2) is 9.48 Å². The summed E-state index contributed by atoms with van der Waals surface area (Å²) in [5.74, 6) is -0.115. The summed E-state index contributed by atoms with van der Waals surface area (Å²) in [6.07, 6.45) is 4.33. The standard InChI is InChI=1S/C12H19N5O3/c1-9-3-5-12(6-4-9,11(19)20-2)14-10(18)7-17-8-13-15-16-17/h8-9H,3-7H2,1-2H3,(H,14,18). The topological polar surface area (TPSA) is 99.0 Å². The molecule has 110 valence electrons. The highest BCUT2D eigenvalue weighted by molar-refractivity contribution is 5.88. The van der Waals surface area contributed by atoms with E-state index in [1.165, 1.54) is 18.1 Å². The van der Waals surface area contributed by atoms with Gasteiger partial charge in [0.15, 0.2) is 0 Å². The fraction of sp³-hybridized carbons (Fsp3) is 0.750. The van der Waals surface area contributed by atoms with Crippen molar-refractivity contribution in [2.45, 2.75) is 44.7 Å². The molecule has 0 bridgehead atoms. The Morgan fingerprint density at radius 2 is 2.15 bits per heavy atom. The fourth-order valence-corrected chi connectivity index (χ4v) is 2.54. The molecule has 8 nitrogen and oxygen atoms in total. The second-order valence-electron chi connectivity index (χ2n) is 5.31. The normalized spacial score (nSPS) is 26.0. The van der Waals surface area contributed by atoms with Gasteiger partial charge in [0.05, 0.1) is 7.11 Å². The van der Waals surface area contributed by atoms with Crippen LogP contribution in [0.3, 0.4) is 0 Å². The number of hydrogen-bond donors (Lipinski definition) is 1. The summed E-state index contributed by atoms with van der Waals surface area (Å²) in [5.41, 5.74) is -0.910. The largest absolute Gasteiger partial charge is 0.467 e. The summed E-state index contributed by atoms with van der Waals surface area (Å²) in [4.78, 5) is 24.1. The minimum atomic E-state index is -0.910. The molecule has 1 aromatic heterocycles. The summed E-state index contributed by atoms with van der Waals surface area (Å²) in [7, 11) is 1.34. The number of nitrogens with zero attached hydrogens (tertiary/aromatic N) is 4. The van der Waals surface area contributed by atoms with Crippen molar-refractivity contribution in [1.82, 2.24) is 25.5 Å². The monoisotopic (exact) mass is 281 g/mol. The van der Waals surface area contributed by atoms with Gasteiger partial charge in [0.1, 0.15) is 18.4 Å². The molecule has 0 spiro atoms. The van der Waals surface area contributed by atoms with Gasteiger partial charge in [-0.05, 0) is 42.0 Å². The predicted octanol–water partition coefficient (Wildman–Crippen LogP) is -0.0888. The zero-order valence-electron chi connectivity index (χ0n) is 11.7. The van der Waals surface area contributed by atoms with Crippen LogP contribution in [0.2, 0.25) is 0 Å². The van der Waals surface area contributed by atoms with Crippen LogP contribution in [0.1, 0.15) is 32.6 Å². The summed E-state index contributed by atoms with van der Waals surface area (Å²) < 4.78 is 6.17. The molecule has 1 aliphatic carbocycles. The Hall–Kier alpha value is -1.99. The van der Waals surface area contributed by atoms with Crippen molar-refractivity contribution in [1.29, 1.82) is 0 Å². The van der Waals surface area contributed by atoms with Gasteiger partial charge in [0, 0.05) is 0 Å². The van der Waals surface area contributed by atoms with Crippen LogP contribution in [-0.4, -0.2) is 44.7 Å². The van der Waals surface area contributed by atoms with E-state index >= 15 is 0 Å². The third kappa shape index (κ3) is 3.12. The van der Waals surface area contributed by atoms with Crippen molar-refractivity contribution >= 4 is 11.9 Å². The lowest BCUT2D eigenvalue weighted by Gasteiger charge is -2.37. The number of tetrazole rings is 1. The van der Waals surface area contributed by atoms with Crippen molar-refractivity contribution in [3.05, 3.63) is 6.33 Å². The summed E-state index contributed by atoms with van der Waals surface area (Å²) in [6, 6.07) is 0. The van der Waals surface area contributed by atoms with E-state index in [1.807, 2.05) is 0 Å². The van der Waals surface area contributed by atoms with Gasteiger partial charge in [0.25, 0.3) is 0 Å². The van der Waals surface area contributed by atoms with Gasteiger partial charge < -0.3 is 10.1 Å². The number of ether oxygens (including phenoxy) is 1. The van der Waals surface area contributed by atoms with E-state index in [4.69, 9.17) is 4.74 Å². The Kier molecular flexibility index (Phi) is 4.31. The first-order valence-corrected chi connectivity index (χ1v) is 6.66. The van der Waals surface area contributed by atoms with Gasteiger partial charge in [-0.2, -0.15) is 0 Å². The Balaban J connectivity index is 2.04. The molecule has 0 radical (unpaired) electrons. The average molecular weight is 281 g/mol.